The third-order valence-corrected chi connectivity index (χ3v) is 4.92. The summed E-state index contributed by atoms with van der Waals surface area (Å²) in [7, 11) is 1.36. The van der Waals surface area contributed by atoms with Crippen molar-refractivity contribution in [3.8, 4) is 11.1 Å². The number of pyridine rings is 1. The molecule has 0 amide bonds. The molecular weight excluding hydrogens is 336 g/mol. The number of nitrogens with zero attached hydrogens (tertiary/aromatic N) is 2. The average molecular weight is 354 g/mol. The molecule has 0 bridgehead atoms. The number of ether oxygens (including phenoxy) is 1. The van der Waals surface area contributed by atoms with E-state index < -0.39 is 5.97 Å². The van der Waals surface area contributed by atoms with E-state index in [9.17, 15) is 9.59 Å². The van der Waals surface area contributed by atoms with Gasteiger partial charge >= 0.3 is 5.97 Å². The van der Waals surface area contributed by atoms with Gasteiger partial charge in [0, 0.05) is 24.4 Å². The first kappa shape index (κ1) is 17.2. The van der Waals surface area contributed by atoms with Gasteiger partial charge in [-0.1, -0.05) is 13.0 Å². The molecule has 5 nitrogen and oxygen atoms in total. The predicted octanol–water partition coefficient (Wildman–Crippen LogP) is 4.06. The van der Waals surface area contributed by atoms with Gasteiger partial charge < -0.3 is 4.74 Å². The molecule has 0 N–H and O–H groups in total. The van der Waals surface area contributed by atoms with E-state index in [1.165, 1.54) is 18.4 Å². The number of methoxy groups -OCH3 is 1. The van der Waals surface area contributed by atoms with Crippen LogP contribution in [0, 0.1) is 0 Å². The molecule has 0 saturated heterocycles. The maximum Gasteiger partial charge on any atom is 0.339 e. The fraction of sp³-hybridized carbons (Fsp3) is 0.263. The van der Waals surface area contributed by atoms with Gasteiger partial charge in [0.2, 0.25) is 0 Å². The van der Waals surface area contributed by atoms with Gasteiger partial charge in [-0.3, -0.25) is 9.78 Å². The molecule has 0 unspecified atom stereocenters. The van der Waals surface area contributed by atoms with Gasteiger partial charge in [-0.05, 0) is 30.2 Å². The van der Waals surface area contributed by atoms with Crippen molar-refractivity contribution >= 4 is 33.3 Å². The molecule has 0 saturated carbocycles. The highest BCUT2D eigenvalue weighted by atomic mass is 32.1. The molecule has 128 valence electrons. The summed E-state index contributed by atoms with van der Waals surface area (Å²) in [5.74, 6) is -0.250. The van der Waals surface area contributed by atoms with E-state index in [0.29, 0.717) is 23.9 Å². The van der Waals surface area contributed by atoms with E-state index in [4.69, 9.17) is 4.74 Å². The lowest BCUT2D eigenvalue weighted by Crippen LogP contribution is -2.01. The number of rotatable bonds is 6. The minimum atomic E-state index is -0.411. The predicted molar refractivity (Wildman–Crippen MR) is 97.8 cm³/mol. The third kappa shape index (κ3) is 3.74. The van der Waals surface area contributed by atoms with Crippen LogP contribution in [0.25, 0.3) is 21.3 Å². The number of thiazole rings is 1. The van der Waals surface area contributed by atoms with Gasteiger partial charge in [-0.25, -0.2) is 9.78 Å². The van der Waals surface area contributed by atoms with Gasteiger partial charge in [0.05, 0.1) is 29.3 Å². The second-order valence-electron chi connectivity index (χ2n) is 5.68. The van der Waals surface area contributed by atoms with Crippen LogP contribution in [0.3, 0.4) is 0 Å². The van der Waals surface area contributed by atoms with Gasteiger partial charge in [0.1, 0.15) is 10.8 Å². The van der Waals surface area contributed by atoms with Crippen molar-refractivity contribution in [2.45, 2.75) is 26.2 Å². The largest absolute Gasteiger partial charge is 0.465 e. The van der Waals surface area contributed by atoms with Crippen molar-refractivity contribution in [2.75, 3.05) is 7.11 Å². The molecule has 6 heteroatoms. The van der Waals surface area contributed by atoms with E-state index in [1.54, 1.807) is 18.5 Å². The van der Waals surface area contributed by atoms with E-state index in [2.05, 4.69) is 9.97 Å². The Balaban J connectivity index is 2.10. The first-order valence-electron chi connectivity index (χ1n) is 8.06. The van der Waals surface area contributed by atoms with Crippen molar-refractivity contribution in [1.29, 1.82) is 0 Å². The number of hydrogen-bond donors (Lipinski definition) is 0. The topological polar surface area (TPSA) is 69.2 Å². The Morgan fingerprint density at radius 3 is 2.76 bits per heavy atom. The second kappa shape index (κ2) is 7.53. The Morgan fingerprint density at radius 1 is 1.24 bits per heavy atom. The van der Waals surface area contributed by atoms with Crippen molar-refractivity contribution in [2.24, 2.45) is 0 Å². The highest BCUT2D eigenvalue weighted by Gasteiger charge is 2.18. The smallest absolute Gasteiger partial charge is 0.339 e. The maximum atomic E-state index is 12.2. The quantitative estimate of drug-likeness (QED) is 0.625. The molecule has 0 aliphatic rings. The van der Waals surface area contributed by atoms with Gasteiger partial charge in [-0.2, -0.15) is 0 Å². The highest BCUT2D eigenvalue weighted by molar-refractivity contribution is 7.19. The second-order valence-corrected chi connectivity index (χ2v) is 6.76. The van der Waals surface area contributed by atoms with Gasteiger partial charge in [0.25, 0.3) is 0 Å². The molecule has 2 heterocycles. The zero-order valence-electron chi connectivity index (χ0n) is 14.1. The molecule has 0 fully saturated rings. The number of ketones is 1. The summed E-state index contributed by atoms with van der Waals surface area (Å²) in [6.07, 6.45) is 5.10. The maximum absolute atomic E-state index is 12.2. The molecule has 0 aliphatic heterocycles. The van der Waals surface area contributed by atoms with Crippen LogP contribution in [-0.2, 0) is 16.0 Å². The molecule has 2 aromatic heterocycles. The van der Waals surface area contributed by atoms with Crippen molar-refractivity contribution in [1.82, 2.24) is 9.97 Å². The molecule has 3 aromatic rings. The SMILES string of the molecule is CCCC(=O)Cc1nc2cc(-c3cccnc3)cc(C(=O)OC)c2s1. The Morgan fingerprint density at radius 2 is 2.08 bits per heavy atom. The summed E-state index contributed by atoms with van der Waals surface area (Å²) in [4.78, 5) is 32.8. The Kier molecular flexibility index (Phi) is 5.19. The van der Waals surface area contributed by atoms with E-state index in [1.807, 2.05) is 25.1 Å². The minimum absolute atomic E-state index is 0.161. The Hall–Kier alpha value is -2.60. The molecule has 1 aromatic carbocycles. The molecule has 3 rings (SSSR count). The average Bonchev–Trinajstić information content (AvgIpc) is 3.03. The van der Waals surface area contributed by atoms with Gasteiger partial charge in [-0.15, -0.1) is 11.3 Å². The summed E-state index contributed by atoms with van der Waals surface area (Å²) in [5.41, 5.74) is 2.90. The van der Waals surface area contributed by atoms with Crippen LogP contribution < -0.4 is 0 Å². The zero-order chi connectivity index (χ0) is 17.8. The first-order chi connectivity index (χ1) is 12.1. The van der Waals surface area contributed by atoms with E-state index >= 15 is 0 Å². The third-order valence-electron chi connectivity index (χ3n) is 3.81. The molecular formula is C19H18N2O3S. The number of esters is 1. The number of fused-ring (bicyclic) bond motifs is 1. The summed E-state index contributed by atoms with van der Waals surface area (Å²) >= 11 is 1.38. The lowest BCUT2D eigenvalue weighted by Gasteiger charge is -2.05. The molecule has 0 atom stereocenters. The minimum Gasteiger partial charge on any atom is -0.465 e. The van der Waals surface area contributed by atoms with Crippen LogP contribution in [0.4, 0.5) is 0 Å². The summed E-state index contributed by atoms with van der Waals surface area (Å²) in [6, 6.07) is 7.48. The Labute approximate surface area is 149 Å². The number of Topliss-reactive ketones (excluding diaryl/α,β-unsaturated/α-hetero) is 1. The zero-order valence-corrected chi connectivity index (χ0v) is 14.9. The normalized spacial score (nSPS) is 10.8. The van der Waals surface area contributed by atoms with Crippen molar-refractivity contribution in [3.63, 3.8) is 0 Å². The van der Waals surface area contributed by atoms with Crippen molar-refractivity contribution < 1.29 is 14.3 Å². The van der Waals surface area contributed by atoms with Crippen LogP contribution in [0.2, 0.25) is 0 Å². The molecule has 0 spiro atoms. The van der Waals surface area contributed by atoms with E-state index in [0.717, 1.165) is 27.3 Å². The first-order valence-corrected chi connectivity index (χ1v) is 8.88. The molecule has 25 heavy (non-hydrogen) atoms. The monoisotopic (exact) mass is 354 g/mol. The lowest BCUT2D eigenvalue weighted by atomic mass is 10.0. The van der Waals surface area contributed by atoms with Gasteiger partial charge in [0.15, 0.2) is 0 Å². The number of carbonyl (C=O) groups is 2. The molecule has 0 aliphatic carbocycles. The van der Waals surface area contributed by atoms with Crippen LogP contribution in [0.5, 0.6) is 0 Å². The van der Waals surface area contributed by atoms with Crippen LogP contribution >= 0.6 is 11.3 Å². The highest BCUT2D eigenvalue weighted by Crippen LogP contribution is 2.32. The fourth-order valence-electron chi connectivity index (χ4n) is 2.65. The standard InChI is InChI=1S/C19H18N2O3S/c1-3-5-14(22)10-17-21-16-9-13(12-6-4-7-20-11-12)8-15(18(16)25-17)19(23)24-2/h4,6-9,11H,3,5,10H2,1-2H3. The number of aromatic nitrogens is 2. The van der Waals surface area contributed by atoms with Crippen LogP contribution in [0.15, 0.2) is 36.7 Å². The number of carbonyl (C=O) groups excluding carboxylic acids is 2. The van der Waals surface area contributed by atoms with Crippen LogP contribution in [-0.4, -0.2) is 28.8 Å². The van der Waals surface area contributed by atoms with E-state index in [-0.39, 0.29) is 5.78 Å². The lowest BCUT2D eigenvalue weighted by molar-refractivity contribution is -0.118. The Bertz CT molecular complexity index is 919. The summed E-state index contributed by atoms with van der Waals surface area (Å²) in [6.45, 7) is 1.98. The number of benzene rings is 1. The molecule has 0 radical (unpaired) electrons. The summed E-state index contributed by atoms with van der Waals surface area (Å²) < 4.78 is 5.67. The number of hydrogen-bond acceptors (Lipinski definition) is 6. The summed E-state index contributed by atoms with van der Waals surface area (Å²) in [5, 5.41) is 0.724. The fourth-order valence-corrected chi connectivity index (χ4v) is 3.73. The van der Waals surface area contributed by atoms with Crippen molar-refractivity contribution in [3.05, 3.63) is 47.2 Å². The van der Waals surface area contributed by atoms with Crippen LogP contribution in [0.1, 0.15) is 35.1 Å².